The van der Waals surface area contributed by atoms with Gasteiger partial charge in [-0.3, -0.25) is 0 Å². The van der Waals surface area contributed by atoms with E-state index in [4.69, 9.17) is 11.6 Å². The summed E-state index contributed by atoms with van der Waals surface area (Å²) in [7, 11) is 0. The standard InChI is InChI=1S/C12H7BrClFO/c13-7-4-5-10(15)8(6-7)12-9(14)2-1-3-11(12)16/h1-6,16H. The van der Waals surface area contributed by atoms with Crippen LogP contribution in [0.2, 0.25) is 5.02 Å². The Morgan fingerprint density at radius 2 is 1.94 bits per heavy atom. The van der Waals surface area contributed by atoms with Gasteiger partial charge in [0.1, 0.15) is 11.6 Å². The number of benzene rings is 2. The van der Waals surface area contributed by atoms with Gasteiger partial charge in [-0.1, -0.05) is 33.6 Å². The zero-order valence-electron chi connectivity index (χ0n) is 8.05. The number of rotatable bonds is 1. The topological polar surface area (TPSA) is 20.2 Å². The highest BCUT2D eigenvalue weighted by Crippen LogP contribution is 2.37. The van der Waals surface area contributed by atoms with E-state index in [0.717, 1.165) is 4.47 Å². The van der Waals surface area contributed by atoms with Crippen LogP contribution in [0.3, 0.4) is 0 Å². The van der Waals surface area contributed by atoms with Crippen LogP contribution in [-0.2, 0) is 0 Å². The minimum absolute atomic E-state index is 0.0375. The summed E-state index contributed by atoms with van der Waals surface area (Å²) in [5, 5.41) is 10.0. The summed E-state index contributed by atoms with van der Waals surface area (Å²) in [4.78, 5) is 0. The highest BCUT2D eigenvalue weighted by atomic mass is 79.9. The van der Waals surface area contributed by atoms with E-state index in [0.29, 0.717) is 10.6 Å². The Balaban J connectivity index is 2.72. The Hall–Kier alpha value is -1.06. The maximum absolute atomic E-state index is 13.6. The molecule has 0 saturated heterocycles. The maximum Gasteiger partial charge on any atom is 0.131 e. The number of aromatic hydroxyl groups is 1. The first-order valence-corrected chi connectivity index (χ1v) is 5.69. The minimum atomic E-state index is -0.424. The van der Waals surface area contributed by atoms with Gasteiger partial charge in [0.25, 0.3) is 0 Å². The molecule has 0 atom stereocenters. The van der Waals surface area contributed by atoms with Gasteiger partial charge in [0.2, 0.25) is 0 Å². The van der Waals surface area contributed by atoms with E-state index in [9.17, 15) is 9.50 Å². The van der Waals surface area contributed by atoms with Crippen LogP contribution in [0, 0.1) is 5.82 Å². The molecular formula is C12H7BrClFO. The molecule has 0 aliphatic rings. The maximum atomic E-state index is 13.6. The molecule has 2 rings (SSSR count). The minimum Gasteiger partial charge on any atom is -0.507 e. The van der Waals surface area contributed by atoms with Gasteiger partial charge in [0.05, 0.1) is 5.02 Å². The van der Waals surface area contributed by atoms with Crippen molar-refractivity contribution in [2.24, 2.45) is 0 Å². The molecule has 0 unspecified atom stereocenters. The Morgan fingerprint density at radius 3 is 2.62 bits per heavy atom. The second kappa shape index (κ2) is 4.44. The summed E-state index contributed by atoms with van der Waals surface area (Å²) in [6.45, 7) is 0. The van der Waals surface area contributed by atoms with Gasteiger partial charge in [0, 0.05) is 15.6 Å². The molecule has 0 bridgehead atoms. The molecule has 0 aliphatic heterocycles. The fourth-order valence-corrected chi connectivity index (χ4v) is 2.10. The third-order valence-corrected chi connectivity index (χ3v) is 3.00. The van der Waals surface area contributed by atoms with Crippen molar-refractivity contribution in [1.82, 2.24) is 0 Å². The zero-order chi connectivity index (χ0) is 11.7. The van der Waals surface area contributed by atoms with Gasteiger partial charge in [0.15, 0.2) is 0 Å². The van der Waals surface area contributed by atoms with Crippen molar-refractivity contribution in [3.05, 3.63) is 51.7 Å². The Kier molecular flexibility index (Phi) is 3.17. The van der Waals surface area contributed by atoms with Crippen LogP contribution in [0.5, 0.6) is 5.75 Å². The van der Waals surface area contributed by atoms with Gasteiger partial charge in [-0.25, -0.2) is 4.39 Å². The van der Waals surface area contributed by atoms with E-state index in [1.807, 2.05) is 0 Å². The van der Waals surface area contributed by atoms with Crippen LogP contribution in [-0.4, -0.2) is 5.11 Å². The molecule has 0 saturated carbocycles. The van der Waals surface area contributed by atoms with E-state index in [1.54, 1.807) is 24.3 Å². The van der Waals surface area contributed by atoms with Gasteiger partial charge in [-0.05, 0) is 30.3 Å². The first-order valence-electron chi connectivity index (χ1n) is 4.52. The average molecular weight is 302 g/mol. The van der Waals surface area contributed by atoms with Crippen molar-refractivity contribution in [2.75, 3.05) is 0 Å². The first kappa shape index (κ1) is 11.4. The summed E-state index contributed by atoms with van der Waals surface area (Å²) in [6.07, 6.45) is 0. The van der Waals surface area contributed by atoms with Gasteiger partial charge in [-0.2, -0.15) is 0 Å². The molecule has 0 fully saturated rings. The summed E-state index contributed by atoms with van der Waals surface area (Å²) >= 11 is 9.20. The Morgan fingerprint density at radius 1 is 1.19 bits per heavy atom. The molecule has 0 aromatic heterocycles. The number of hydrogen-bond acceptors (Lipinski definition) is 1. The summed E-state index contributed by atoms with van der Waals surface area (Å²) in [6, 6.07) is 9.18. The second-order valence-electron chi connectivity index (χ2n) is 3.26. The largest absolute Gasteiger partial charge is 0.507 e. The normalized spacial score (nSPS) is 10.4. The van der Waals surface area contributed by atoms with Crippen molar-refractivity contribution in [1.29, 1.82) is 0 Å². The van der Waals surface area contributed by atoms with Gasteiger partial charge >= 0.3 is 0 Å². The van der Waals surface area contributed by atoms with Gasteiger partial charge in [-0.15, -0.1) is 0 Å². The molecule has 16 heavy (non-hydrogen) atoms. The number of halogens is 3. The smallest absolute Gasteiger partial charge is 0.131 e. The van der Waals surface area contributed by atoms with Crippen LogP contribution < -0.4 is 0 Å². The van der Waals surface area contributed by atoms with Crippen LogP contribution in [0.15, 0.2) is 40.9 Å². The molecule has 0 radical (unpaired) electrons. The van der Waals surface area contributed by atoms with Crippen LogP contribution in [0.1, 0.15) is 0 Å². The van der Waals surface area contributed by atoms with Crippen LogP contribution >= 0.6 is 27.5 Å². The molecule has 82 valence electrons. The van der Waals surface area contributed by atoms with Crippen LogP contribution in [0.4, 0.5) is 4.39 Å². The fourth-order valence-electron chi connectivity index (χ4n) is 1.47. The van der Waals surface area contributed by atoms with E-state index in [2.05, 4.69) is 15.9 Å². The summed E-state index contributed by atoms with van der Waals surface area (Å²) in [5.74, 6) is -0.462. The Labute approximate surface area is 106 Å². The SMILES string of the molecule is Oc1cccc(Cl)c1-c1cc(Br)ccc1F. The quantitative estimate of drug-likeness (QED) is 0.815. The highest BCUT2D eigenvalue weighted by Gasteiger charge is 2.13. The molecule has 1 nitrogen and oxygen atoms in total. The number of hydrogen-bond donors (Lipinski definition) is 1. The lowest BCUT2D eigenvalue weighted by molar-refractivity contribution is 0.477. The number of phenols is 1. The number of phenolic OH excluding ortho intramolecular Hbond substituents is 1. The lowest BCUT2D eigenvalue weighted by Gasteiger charge is -2.08. The zero-order valence-corrected chi connectivity index (χ0v) is 10.4. The van der Waals surface area contributed by atoms with E-state index in [1.165, 1.54) is 12.1 Å². The lowest BCUT2D eigenvalue weighted by Crippen LogP contribution is -1.86. The molecule has 0 spiro atoms. The molecule has 4 heteroatoms. The van der Waals surface area contributed by atoms with Crippen molar-refractivity contribution in [2.45, 2.75) is 0 Å². The van der Waals surface area contributed by atoms with Crippen molar-refractivity contribution >= 4 is 27.5 Å². The van der Waals surface area contributed by atoms with Crippen molar-refractivity contribution in [3.63, 3.8) is 0 Å². The van der Waals surface area contributed by atoms with Crippen LogP contribution in [0.25, 0.3) is 11.1 Å². The van der Waals surface area contributed by atoms with Gasteiger partial charge < -0.3 is 5.11 Å². The summed E-state index contributed by atoms with van der Waals surface area (Å²) in [5.41, 5.74) is 0.584. The third-order valence-electron chi connectivity index (χ3n) is 2.19. The second-order valence-corrected chi connectivity index (χ2v) is 4.58. The molecule has 2 aromatic carbocycles. The van der Waals surface area contributed by atoms with E-state index < -0.39 is 5.82 Å². The van der Waals surface area contributed by atoms with E-state index >= 15 is 0 Å². The molecular weight excluding hydrogens is 294 g/mol. The molecule has 0 amide bonds. The third kappa shape index (κ3) is 2.06. The summed E-state index contributed by atoms with van der Waals surface area (Å²) < 4.78 is 14.3. The van der Waals surface area contributed by atoms with Crippen molar-refractivity contribution in [3.8, 4) is 16.9 Å². The molecule has 0 heterocycles. The molecule has 1 N–H and O–H groups in total. The predicted molar refractivity (Wildman–Crippen MR) is 66.2 cm³/mol. The van der Waals surface area contributed by atoms with Crippen molar-refractivity contribution < 1.29 is 9.50 Å². The first-order chi connectivity index (χ1) is 7.59. The average Bonchev–Trinajstić information content (AvgIpc) is 2.23. The monoisotopic (exact) mass is 300 g/mol. The Bertz CT molecular complexity index is 522. The lowest BCUT2D eigenvalue weighted by atomic mass is 10.0. The molecule has 0 aliphatic carbocycles. The fraction of sp³-hybridized carbons (Fsp3) is 0. The highest BCUT2D eigenvalue weighted by molar-refractivity contribution is 9.10. The molecule has 2 aromatic rings. The van der Waals surface area contributed by atoms with E-state index in [-0.39, 0.29) is 11.3 Å². The predicted octanol–water partition coefficient (Wildman–Crippen LogP) is 4.61.